The number of anilines is 1. The first-order valence-electron chi connectivity index (χ1n) is 11.3. The molecular formula is C26H29N5O2. The van der Waals surface area contributed by atoms with Crippen LogP contribution in [0, 0.1) is 12.8 Å². The molecule has 2 aromatic heterocycles. The minimum absolute atomic E-state index is 0.0361. The van der Waals surface area contributed by atoms with Crippen LogP contribution in [0.4, 0.5) is 5.82 Å². The number of benzene rings is 1. The summed E-state index contributed by atoms with van der Waals surface area (Å²) in [5, 5.41) is 5.72. The predicted octanol–water partition coefficient (Wildman–Crippen LogP) is 3.34. The highest BCUT2D eigenvalue weighted by molar-refractivity contribution is 5.95. The topological polar surface area (TPSA) is 87.2 Å². The van der Waals surface area contributed by atoms with Gasteiger partial charge < -0.3 is 15.5 Å². The lowest BCUT2D eigenvalue weighted by atomic mass is 9.97. The molecular weight excluding hydrogens is 414 g/mol. The number of aromatic nitrogens is 2. The van der Waals surface area contributed by atoms with Crippen LogP contribution >= 0.6 is 0 Å². The molecule has 3 heterocycles. The molecule has 2 amide bonds. The predicted molar refractivity (Wildman–Crippen MR) is 129 cm³/mol. The van der Waals surface area contributed by atoms with Crippen molar-refractivity contribution in [2.45, 2.75) is 26.3 Å². The zero-order valence-electron chi connectivity index (χ0n) is 19.0. The molecule has 7 nitrogen and oxygen atoms in total. The minimum atomic E-state index is -0.140. The van der Waals surface area contributed by atoms with Crippen LogP contribution in [0.2, 0.25) is 0 Å². The fraction of sp³-hybridized carbons (Fsp3) is 0.308. The molecule has 1 fully saturated rings. The van der Waals surface area contributed by atoms with E-state index in [1.807, 2.05) is 55.5 Å². The summed E-state index contributed by atoms with van der Waals surface area (Å²) in [6, 6.07) is 17.5. The van der Waals surface area contributed by atoms with Gasteiger partial charge in [0.05, 0.1) is 22.9 Å². The van der Waals surface area contributed by atoms with Gasteiger partial charge in [-0.15, -0.1) is 0 Å². The third-order valence-electron chi connectivity index (χ3n) is 6.04. The summed E-state index contributed by atoms with van der Waals surface area (Å²) in [5.41, 5.74) is 4.07. The Morgan fingerprint density at radius 3 is 2.61 bits per heavy atom. The molecule has 0 bridgehead atoms. The molecule has 1 aliphatic heterocycles. The van der Waals surface area contributed by atoms with Crippen LogP contribution in [0.1, 0.15) is 34.5 Å². The summed E-state index contributed by atoms with van der Waals surface area (Å²) in [6.07, 6.45) is 3.66. The Kier molecular flexibility index (Phi) is 6.98. The molecule has 0 radical (unpaired) electrons. The van der Waals surface area contributed by atoms with E-state index in [1.165, 1.54) is 0 Å². The quantitative estimate of drug-likeness (QED) is 0.610. The van der Waals surface area contributed by atoms with Gasteiger partial charge in [0.2, 0.25) is 5.91 Å². The van der Waals surface area contributed by atoms with Crippen LogP contribution in [-0.2, 0) is 11.3 Å². The van der Waals surface area contributed by atoms with Gasteiger partial charge in [-0.1, -0.05) is 30.3 Å². The Morgan fingerprint density at radius 1 is 1.09 bits per heavy atom. The van der Waals surface area contributed by atoms with Gasteiger partial charge in [-0.05, 0) is 49.6 Å². The minimum Gasteiger partial charge on any atom is -0.356 e. The van der Waals surface area contributed by atoms with Gasteiger partial charge >= 0.3 is 0 Å². The van der Waals surface area contributed by atoms with E-state index in [2.05, 4.69) is 25.5 Å². The summed E-state index contributed by atoms with van der Waals surface area (Å²) in [6.45, 7) is 3.94. The molecule has 4 rings (SSSR count). The second-order valence-corrected chi connectivity index (χ2v) is 8.30. The van der Waals surface area contributed by atoms with Crippen molar-refractivity contribution in [1.82, 2.24) is 20.6 Å². The monoisotopic (exact) mass is 443 g/mol. The molecule has 7 heteroatoms. The van der Waals surface area contributed by atoms with Crippen molar-refractivity contribution >= 4 is 17.6 Å². The molecule has 2 N–H and O–H groups in total. The highest BCUT2D eigenvalue weighted by Crippen LogP contribution is 2.22. The van der Waals surface area contributed by atoms with E-state index in [-0.39, 0.29) is 17.7 Å². The van der Waals surface area contributed by atoms with Gasteiger partial charge in [0, 0.05) is 38.4 Å². The lowest BCUT2D eigenvalue weighted by Crippen LogP contribution is -2.43. The van der Waals surface area contributed by atoms with E-state index in [0.29, 0.717) is 24.3 Å². The van der Waals surface area contributed by atoms with Crippen molar-refractivity contribution < 1.29 is 9.59 Å². The summed E-state index contributed by atoms with van der Waals surface area (Å²) in [7, 11) is 1.61. The molecule has 0 unspecified atom stereocenters. The fourth-order valence-electron chi connectivity index (χ4n) is 4.16. The van der Waals surface area contributed by atoms with E-state index >= 15 is 0 Å². The van der Waals surface area contributed by atoms with Crippen LogP contribution in [0.5, 0.6) is 0 Å². The number of nitrogens with one attached hydrogen (secondary N) is 2. The molecule has 1 saturated heterocycles. The number of hydrogen-bond acceptors (Lipinski definition) is 5. The third-order valence-corrected chi connectivity index (χ3v) is 6.04. The van der Waals surface area contributed by atoms with Crippen molar-refractivity contribution in [3.05, 3.63) is 77.6 Å². The lowest BCUT2D eigenvalue weighted by Gasteiger charge is -2.32. The van der Waals surface area contributed by atoms with Gasteiger partial charge in [0.15, 0.2) is 0 Å². The maximum atomic E-state index is 12.8. The second kappa shape index (κ2) is 10.3. The number of nitrogens with zero attached hydrogens (tertiary/aromatic N) is 3. The average molecular weight is 444 g/mol. The van der Waals surface area contributed by atoms with Crippen molar-refractivity contribution in [3.63, 3.8) is 0 Å². The van der Waals surface area contributed by atoms with Gasteiger partial charge in [-0.2, -0.15) is 0 Å². The summed E-state index contributed by atoms with van der Waals surface area (Å²) in [4.78, 5) is 35.8. The molecule has 3 aromatic rings. The number of amides is 2. The largest absolute Gasteiger partial charge is 0.356 e. The number of carbonyl (C=O) groups excluding carboxylic acids is 2. The zero-order valence-corrected chi connectivity index (χ0v) is 19.0. The second-order valence-electron chi connectivity index (χ2n) is 8.30. The summed E-state index contributed by atoms with van der Waals surface area (Å²) >= 11 is 0. The van der Waals surface area contributed by atoms with E-state index in [4.69, 9.17) is 0 Å². The first-order chi connectivity index (χ1) is 16.0. The van der Waals surface area contributed by atoms with Crippen LogP contribution in [0.3, 0.4) is 0 Å². The van der Waals surface area contributed by atoms with Gasteiger partial charge in [0.25, 0.3) is 5.91 Å². The smallest absolute Gasteiger partial charge is 0.252 e. The first kappa shape index (κ1) is 22.5. The number of aryl methyl sites for hydroxylation is 1. The van der Waals surface area contributed by atoms with E-state index in [9.17, 15) is 9.59 Å². The maximum absolute atomic E-state index is 12.8. The molecule has 1 aliphatic rings. The Labute approximate surface area is 194 Å². The Hall–Kier alpha value is -3.74. The number of carbonyl (C=O) groups is 2. The van der Waals surface area contributed by atoms with Crippen molar-refractivity contribution in [2.75, 3.05) is 25.0 Å². The maximum Gasteiger partial charge on any atom is 0.252 e. The summed E-state index contributed by atoms with van der Waals surface area (Å²) in [5.74, 6) is 0.837. The van der Waals surface area contributed by atoms with Gasteiger partial charge in [-0.3, -0.25) is 14.6 Å². The number of piperidine rings is 1. The molecule has 1 aromatic carbocycles. The Bertz CT molecular complexity index is 1120. The Morgan fingerprint density at radius 2 is 1.91 bits per heavy atom. The SMILES string of the molecule is CNC(=O)c1ccc(-c2ccc(CNC(=O)[C@@H]3CCCN(c4ccccn4)C3)cc2)nc1C. The third kappa shape index (κ3) is 5.37. The molecule has 0 spiro atoms. The Balaban J connectivity index is 1.34. The van der Waals surface area contributed by atoms with Gasteiger partial charge in [0.1, 0.15) is 5.82 Å². The number of pyridine rings is 2. The van der Waals surface area contributed by atoms with E-state index < -0.39 is 0 Å². The highest BCUT2D eigenvalue weighted by atomic mass is 16.2. The molecule has 1 atom stereocenters. The standard InChI is InChI=1S/C26H29N5O2/c1-18-22(26(33)27-2)12-13-23(30-18)20-10-8-19(9-11-20)16-29-25(32)21-6-5-15-31(17-21)24-7-3-4-14-28-24/h3-4,7-14,21H,5-6,15-17H2,1-2H3,(H,27,33)(H,29,32)/t21-/m1/s1. The normalized spacial score (nSPS) is 15.7. The summed E-state index contributed by atoms with van der Waals surface area (Å²) < 4.78 is 0. The fourth-order valence-corrected chi connectivity index (χ4v) is 4.16. The van der Waals surface area contributed by atoms with Gasteiger partial charge in [-0.25, -0.2) is 4.98 Å². The molecule has 0 aliphatic carbocycles. The number of rotatable bonds is 6. The molecule has 33 heavy (non-hydrogen) atoms. The average Bonchev–Trinajstić information content (AvgIpc) is 2.87. The number of hydrogen-bond donors (Lipinski definition) is 2. The van der Waals surface area contributed by atoms with Crippen LogP contribution < -0.4 is 15.5 Å². The van der Waals surface area contributed by atoms with Crippen LogP contribution in [0.15, 0.2) is 60.8 Å². The van der Waals surface area contributed by atoms with Crippen LogP contribution in [-0.4, -0.2) is 41.9 Å². The van der Waals surface area contributed by atoms with Crippen molar-refractivity contribution in [3.8, 4) is 11.3 Å². The zero-order chi connectivity index (χ0) is 23.2. The molecule has 170 valence electrons. The lowest BCUT2D eigenvalue weighted by molar-refractivity contribution is -0.125. The van der Waals surface area contributed by atoms with Crippen LogP contribution in [0.25, 0.3) is 11.3 Å². The van der Waals surface area contributed by atoms with Crippen molar-refractivity contribution in [1.29, 1.82) is 0 Å². The highest BCUT2D eigenvalue weighted by Gasteiger charge is 2.26. The first-order valence-corrected chi connectivity index (χ1v) is 11.3. The van der Waals surface area contributed by atoms with E-state index in [1.54, 1.807) is 19.3 Å². The van der Waals surface area contributed by atoms with E-state index in [0.717, 1.165) is 42.0 Å². The van der Waals surface area contributed by atoms with Crippen molar-refractivity contribution in [2.24, 2.45) is 5.92 Å². The molecule has 0 saturated carbocycles.